The minimum atomic E-state index is -4.36. The van der Waals surface area contributed by atoms with Gasteiger partial charge in [-0.15, -0.1) is 4.80 Å². The number of likely N-dealkylation sites (tertiary alicyclic amines) is 1. The molecule has 1 aliphatic heterocycles. The Labute approximate surface area is 195 Å². The molecule has 1 fully saturated rings. The van der Waals surface area contributed by atoms with Crippen LogP contribution in [0.15, 0.2) is 42.9 Å². The number of carbonyl (C=O) groups excluding carboxylic acids is 1. The number of aromatic nitrogens is 5. The number of pyridine rings is 2. The first-order valence-corrected chi connectivity index (χ1v) is 10.8. The van der Waals surface area contributed by atoms with Gasteiger partial charge in [-0.25, -0.2) is 9.97 Å². The number of alkyl halides is 3. The number of carbonyl (C=O) groups is 1. The van der Waals surface area contributed by atoms with Crippen molar-refractivity contribution in [2.24, 2.45) is 0 Å². The van der Waals surface area contributed by atoms with Gasteiger partial charge in [0.2, 0.25) is 5.88 Å². The third-order valence-electron chi connectivity index (χ3n) is 5.76. The molecule has 3 atom stereocenters. The van der Waals surface area contributed by atoms with Crippen molar-refractivity contribution in [1.82, 2.24) is 29.9 Å². The Morgan fingerprint density at radius 2 is 1.88 bits per heavy atom. The molecule has 182 valence electrons. The lowest BCUT2D eigenvalue weighted by atomic mass is 10.1. The Morgan fingerprint density at radius 1 is 1.18 bits per heavy atom. The highest BCUT2D eigenvalue weighted by atomic mass is 19.4. The highest BCUT2D eigenvalue weighted by Gasteiger charge is 2.37. The van der Waals surface area contributed by atoms with Crippen molar-refractivity contribution in [1.29, 1.82) is 0 Å². The van der Waals surface area contributed by atoms with Gasteiger partial charge in [0, 0.05) is 36.5 Å². The van der Waals surface area contributed by atoms with E-state index in [9.17, 15) is 18.0 Å². The second-order valence-electron chi connectivity index (χ2n) is 8.06. The lowest BCUT2D eigenvalue weighted by molar-refractivity contribution is -0.137. The molecule has 34 heavy (non-hydrogen) atoms. The molecule has 0 spiro atoms. The van der Waals surface area contributed by atoms with Crippen LogP contribution in [0.3, 0.4) is 0 Å². The molecule has 4 rings (SSSR count). The highest BCUT2D eigenvalue weighted by molar-refractivity contribution is 5.77. The van der Waals surface area contributed by atoms with Gasteiger partial charge in [0.15, 0.2) is 6.29 Å². The van der Waals surface area contributed by atoms with E-state index in [1.165, 1.54) is 10.9 Å². The second-order valence-corrected chi connectivity index (χ2v) is 8.06. The molecular formula is C23H27F3N6O2. The summed E-state index contributed by atoms with van der Waals surface area (Å²) in [5, 5.41) is 7.86. The van der Waals surface area contributed by atoms with Crippen molar-refractivity contribution >= 4 is 6.29 Å². The summed E-state index contributed by atoms with van der Waals surface area (Å²) in [6, 6.07) is 6.55. The fourth-order valence-electron chi connectivity index (χ4n) is 3.86. The van der Waals surface area contributed by atoms with Crippen LogP contribution in [0.4, 0.5) is 13.2 Å². The molecule has 3 unspecified atom stereocenters. The summed E-state index contributed by atoms with van der Waals surface area (Å²) in [5.74, 6) is 0.254. The van der Waals surface area contributed by atoms with Gasteiger partial charge in [-0.05, 0) is 45.5 Å². The van der Waals surface area contributed by atoms with E-state index in [4.69, 9.17) is 4.74 Å². The van der Waals surface area contributed by atoms with Gasteiger partial charge in [-0.1, -0.05) is 6.92 Å². The van der Waals surface area contributed by atoms with Crippen molar-refractivity contribution in [3.63, 3.8) is 0 Å². The highest BCUT2D eigenvalue weighted by Crippen LogP contribution is 2.31. The van der Waals surface area contributed by atoms with Gasteiger partial charge in [-0.2, -0.15) is 23.4 Å². The second kappa shape index (κ2) is 10.7. The number of halogens is 3. The molecule has 1 saturated heterocycles. The van der Waals surface area contributed by atoms with Gasteiger partial charge >= 0.3 is 6.18 Å². The van der Waals surface area contributed by atoms with Crippen LogP contribution in [0, 0.1) is 6.92 Å². The van der Waals surface area contributed by atoms with Gasteiger partial charge in [0.25, 0.3) is 0 Å². The largest absolute Gasteiger partial charge is 0.473 e. The quantitative estimate of drug-likeness (QED) is 0.512. The average molecular weight is 477 g/mol. The first-order chi connectivity index (χ1) is 16.1. The summed E-state index contributed by atoms with van der Waals surface area (Å²) in [7, 11) is 2.04. The number of hydrogen-bond acceptors (Lipinski definition) is 7. The molecule has 0 saturated carbocycles. The number of hydrogen-bond donors (Lipinski definition) is 0. The lowest BCUT2D eigenvalue weighted by Crippen LogP contribution is -2.36. The number of ether oxygens (including phenoxy) is 1. The first kappa shape index (κ1) is 25.3. The minimum Gasteiger partial charge on any atom is -0.473 e. The van der Waals surface area contributed by atoms with Crippen molar-refractivity contribution in [2.75, 3.05) is 7.05 Å². The van der Waals surface area contributed by atoms with Crippen LogP contribution in [0.2, 0.25) is 0 Å². The topological polar surface area (TPSA) is 86.0 Å². The molecule has 3 aromatic rings. The molecule has 8 nitrogen and oxygen atoms in total. The molecule has 3 aromatic heterocycles. The number of rotatable bonds is 5. The maximum atomic E-state index is 12.5. The summed E-state index contributed by atoms with van der Waals surface area (Å²) in [4.78, 5) is 22.2. The van der Waals surface area contributed by atoms with Crippen LogP contribution in [-0.2, 0) is 6.18 Å². The molecule has 4 heterocycles. The van der Waals surface area contributed by atoms with Gasteiger partial charge < -0.3 is 4.74 Å². The summed E-state index contributed by atoms with van der Waals surface area (Å²) in [5.41, 5.74) is 0.980. The van der Waals surface area contributed by atoms with E-state index in [1.807, 2.05) is 20.0 Å². The van der Waals surface area contributed by atoms with E-state index < -0.39 is 11.7 Å². The van der Waals surface area contributed by atoms with Crippen molar-refractivity contribution in [3.8, 4) is 11.6 Å². The molecule has 11 heteroatoms. The fraction of sp³-hybridized carbons (Fsp3) is 0.435. The third-order valence-corrected chi connectivity index (χ3v) is 5.76. The van der Waals surface area contributed by atoms with E-state index in [-0.39, 0.29) is 18.0 Å². The molecule has 0 amide bonds. The zero-order chi connectivity index (χ0) is 24.9. The zero-order valence-corrected chi connectivity index (χ0v) is 19.4. The van der Waals surface area contributed by atoms with Crippen LogP contribution >= 0.6 is 0 Å². The smallest absolute Gasteiger partial charge is 0.417 e. The summed E-state index contributed by atoms with van der Waals surface area (Å²) in [6.45, 7) is 6.02. The predicted octanol–water partition coefficient (Wildman–Crippen LogP) is 4.13. The van der Waals surface area contributed by atoms with Crippen LogP contribution in [-0.4, -0.2) is 61.4 Å². The van der Waals surface area contributed by atoms with Crippen molar-refractivity contribution in [3.05, 3.63) is 59.8 Å². The van der Waals surface area contributed by atoms with Gasteiger partial charge in [0.1, 0.15) is 17.5 Å². The van der Waals surface area contributed by atoms with E-state index in [1.54, 1.807) is 18.5 Å². The summed E-state index contributed by atoms with van der Waals surface area (Å²) in [6.07, 6.45) is 2.03. The lowest BCUT2D eigenvalue weighted by Gasteiger charge is -2.25. The molecule has 0 radical (unpaired) electrons. The molecule has 0 aliphatic carbocycles. The van der Waals surface area contributed by atoms with Gasteiger partial charge in [0.05, 0.1) is 18.0 Å². The molecule has 0 N–H and O–H groups in total. The Hall–Kier alpha value is -3.34. The number of nitrogens with zero attached hydrogens (tertiary/aromatic N) is 6. The van der Waals surface area contributed by atoms with Crippen LogP contribution < -0.4 is 4.74 Å². The Bertz CT molecular complexity index is 1070. The summed E-state index contributed by atoms with van der Waals surface area (Å²) < 4.78 is 43.1. The first-order valence-electron chi connectivity index (χ1n) is 10.8. The SMILES string of the molecule is CCC1C(Oc2ccc(C(F)(F)F)cn2)CC(C)N1C.Cc1ccc(-n2nccn2)c(C=O)n1. The fourth-order valence-corrected chi connectivity index (χ4v) is 3.86. The maximum Gasteiger partial charge on any atom is 0.417 e. The Morgan fingerprint density at radius 3 is 2.44 bits per heavy atom. The number of aldehydes is 1. The Kier molecular flexibility index (Phi) is 7.98. The molecular weight excluding hydrogens is 449 g/mol. The van der Waals surface area contributed by atoms with Gasteiger partial charge in [-0.3, -0.25) is 9.69 Å². The van der Waals surface area contributed by atoms with Crippen LogP contribution in [0.5, 0.6) is 5.88 Å². The molecule has 0 bridgehead atoms. The number of aryl methyl sites for hydroxylation is 1. The number of likely N-dealkylation sites (N-methyl/N-ethyl adjacent to an activating group) is 1. The summed E-state index contributed by atoms with van der Waals surface area (Å²) >= 11 is 0. The normalized spacial score (nSPS) is 20.5. The van der Waals surface area contributed by atoms with Crippen LogP contribution in [0.1, 0.15) is 48.4 Å². The third kappa shape index (κ3) is 5.96. The molecule has 0 aromatic carbocycles. The van der Waals surface area contributed by atoms with E-state index >= 15 is 0 Å². The zero-order valence-electron chi connectivity index (χ0n) is 19.4. The standard InChI is InChI=1S/C14H19F3N2O.C9H8N4O/c1-4-11-12(7-9(2)19(11)3)20-13-6-5-10(8-18-13)14(15,16)17;1-7-2-3-9(8(6-14)12-7)13-10-4-5-11-13/h5-6,8-9,11-12H,4,7H2,1-3H3;2-6H,1H3. The van der Waals surface area contributed by atoms with Crippen molar-refractivity contribution < 1.29 is 22.7 Å². The van der Waals surface area contributed by atoms with Crippen LogP contribution in [0.25, 0.3) is 5.69 Å². The minimum absolute atomic E-state index is 0.0239. The van der Waals surface area contributed by atoms with E-state index in [2.05, 4.69) is 38.9 Å². The Balaban J connectivity index is 0.000000202. The predicted molar refractivity (Wildman–Crippen MR) is 119 cm³/mol. The average Bonchev–Trinajstić information content (AvgIpc) is 3.42. The van der Waals surface area contributed by atoms with E-state index in [0.717, 1.165) is 30.8 Å². The van der Waals surface area contributed by atoms with E-state index in [0.29, 0.717) is 23.7 Å². The monoisotopic (exact) mass is 476 g/mol. The van der Waals surface area contributed by atoms with Crippen molar-refractivity contribution in [2.45, 2.75) is 58.0 Å². The molecule has 1 aliphatic rings. The maximum absolute atomic E-state index is 12.5.